The molecular weight excluding hydrogens is 431 g/mol. The lowest BCUT2D eigenvalue weighted by Gasteiger charge is -2.31. The Balaban J connectivity index is 1.34. The number of hydrogen-bond acceptors (Lipinski definition) is 3. The van der Waals surface area contributed by atoms with Crippen molar-refractivity contribution in [3.8, 4) is 11.3 Å². The van der Waals surface area contributed by atoms with Crippen LogP contribution in [-0.4, -0.2) is 53.9 Å². The van der Waals surface area contributed by atoms with E-state index in [9.17, 15) is 14.0 Å². The predicted octanol–water partition coefficient (Wildman–Crippen LogP) is 4.01. The third-order valence-electron chi connectivity index (χ3n) is 6.42. The summed E-state index contributed by atoms with van der Waals surface area (Å²) in [6.07, 6.45) is 3.46. The molecule has 1 aromatic heterocycles. The van der Waals surface area contributed by atoms with Crippen molar-refractivity contribution in [3.05, 3.63) is 59.9 Å². The average molecular weight is 465 g/mol. The van der Waals surface area contributed by atoms with Crippen LogP contribution < -0.4 is 10.6 Å². The molecule has 1 aliphatic heterocycles. The Morgan fingerprint density at radius 3 is 2.59 bits per heavy atom. The van der Waals surface area contributed by atoms with Crippen molar-refractivity contribution in [1.29, 1.82) is 0 Å². The minimum Gasteiger partial charge on any atom is -0.355 e. The summed E-state index contributed by atoms with van der Waals surface area (Å²) in [6.45, 7) is 4.75. The van der Waals surface area contributed by atoms with E-state index in [2.05, 4.69) is 20.5 Å². The van der Waals surface area contributed by atoms with Gasteiger partial charge < -0.3 is 15.6 Å². The Kier molecular flexibility index (Phi) is 7.95. The molecule has 180 valence electrons. The second kappa shape index (κ2) is 11.3. The Hall–Kier alpha value is -3.19. The number of fused-ring (bicyclic) bond motifs is 1. The van der Waals surface area contributed by atoms with Crippen LogP contribution in [0.15, 0.2) is 48.5 Å². The molecule has 0 unspecified atom stereocenters. The fourth-order valence-corrected chi connectivity index (χ4v) is 4.63. The molecule has 0 spiro atoms. The molecule has 0 atom stereocenters. The number of aryl methyl sites for hydroxylation is 1. The highest BCUT2D eigenvalue weighted by atomic mass is 19.1. The maximum atomic E-state index is 14.0. The van der Waals surface area contributed by atoms with Gasteiger partial charge in [-0.15, -0.1) is 0 Å². The zero-order valence-electron chi connectivity index (χ0n) is 19.7. The fraction of sp³-hybridized carbons (Fsp3) is 0.407. The molecule has 2 amide bonds. The van der Waals surface area contributed by atoms with E-state index in [0.29, 0.717) is 25.9 Å². The SMILES string of the molecule is CCCNC(=O)CN1CCC(NC(=O)CCc2c(-c3ccccc3)[nH]c3ccc(F)cc23)CC1. The van der Waals surface area contributed by atoms with Crippen molar-refractivity contribution in [1.82, 2.24) is 20.5 Å². The van der Waals surface area contributed by atoms with Gasteiger partial charge in [-0.1, -0.05) is 37.3 Å². The third kappa shape index (κ3) is 6.03. The maximum absolute atomic E-state index is 14.0. The first kappa shape index (κ1) is 24.0. The molecular formula is C27H33FN4O2. The molecule has 1 aliphatic rings. The lowest BCUT2D eigenvalue weighted by Crippen LogP contribution is -2.47. The van der Waals surface area contributed by atoms with Crippen molar-refractivity contribution in [2.45, 2.75) is 45.1 Å². The molecule has 1 fully saturated rings. The Bertz CT molecular complexity index is 1120. The molecule has 2 aromatic carbocycles. The Labute approximate surface area is 199 Å². The minimum absolute atomic E-state index is 0.00361. The van der Waals surface area contributed by atoms with Crippen molar-refractivity contribution in [2.75, 3.05) is 26.2 Å². The van der Waals surface area contributed by atoms with Crippen molar-refractivity contribution < 1.29 is 14.0 Å². The number of H-pyrrole nitrogens is 1. The topological polar surface area (TPSA) is 77.2 Å². The van der Waals surface area contributed by atoms with E-state index in [-0.39, 0.29) is 23.7 Å². The molecule has 3 N–H and O–H groups in total. The van der Waals surface area contributed by atoms with E-state index in [4.69, 9.17) is 0 Å². The van der Waals surface area contributed by atoms with Gasteiger partial charge in [0.15, 0.2) is 0 Å². The normalized spacial score (nSPS) is 14.9. The quantitative estimate of drug-likeness (QED) is 0.448. The maximum Gasteiger partial charge on any atom is 0.234 e. The highest BCUT2D eigenvalue weighted by molar-refractivity contribution is 5.91. The van der Waals surface area contributed by atoms with Crippen LogP contribution >= 0.6 is 0 Å². The summed E-state index contributed by atoms with van der Waals surface area (Å²) in [7, 11) is 0. The zero-order chi connectivity index (χ0) is 23.9. The predicted molar refractivity (Wildman–Crippen MR) is 133 cm³/mol. The van der Waals surface area contributed by atoms with Gasteiger partial charge in [0.05, 0.1) is 6.54 Å². The van der Waals surface area contributed by atoms with E-state index in [1.807, 2.05) is 37.3 Å². The van der Waals surface area contributed by atoms with Gasteiger partial charge in [0, 0.05) is 48.7 Å². The summed E-state index contributed by atoms with van der Waals surface area (Å²) < 4.78 is 14.0. The molecule has 4 rings (SSSR count). The fourth-order valence-electron chi connectivity index (χ4n) is 4.63. The monoisotopic (exact) mass is 464 g/mol. The molecule has 0 bridgehead atoms. The standard InChI is InChI=1S/C27H33FN4O2/c1-2-14-29-26(34)18-32-15-12-21(13-16-32)30-25(33)11-9-22-23-17-20(28)8-10-24(23)31-27(22)19-6-4-3-5-7-19/h3-8,10,17,21,31H,2,9,11-16,18H2,1H3,(H,29,34)(H,30,33). The van der Waals surface area contributed by atoms with Gasteiger partial charge >= 0.3 is 0 Å². The lowest BCUT2D eigenvalue weighted by atomic mass is 10.00. The summed E-state index contributed by atoms with van der Waals surface area (Å²) >= 11 is 0. The average Bonchev–Trinajstić information content (AvgIpc) is 3.21. The Morgan fingerprint density at radius 2 is 1.85 bits per heavy atom. The van der Waals surface area contributed by atoms with Crippen LogP contribution in [0.3, 0.4) is 0 Å². The van der Waals surface area contributed by atoms with Gasteiger partial charge in [0.25, 0.3) is 0 Å². The van der Waals surface area contributed by atoms with E-state index < -0.39 is 0 Å². The van der Waals surface area contributed by atoms with Crippen LogP contribution in [0, 0.1) is 5.82 Å². The molecule has 0 radical (unpaired) electrons. The number of nitrogens with one attached hydrogen (secondary N) is 3. The summed E-state index contributed by atoms with van der Waals surface area (Å²) in [5, 5.41) is 6.89. The number of hydrogen-bond donors (Lipinski definition) is 3. The van der Waals surface area contributed by atoms with Crippen molar-refractivity contribution in [3.63, 3.8) is 0 Å². The van der Waals surface area contributed by atoms with E-state index >= 15 is 0 Å². The smallest absolute Gasteiger partial charge is 0.234 e. The Morgan fingerprint density at radius 1 is 1.09 bits per heavy atom. The zero-order valence-corrected chi connectivity index (χ0v) is 19.7. The highest BCUT2D eigenvalue weighted by Crippen LogP contribution is 2.31. The summed E-state index contributed by atoms with van der Waals surface area (Å²) in [4.78, 5) is 30.2. The van der Waals surface area contributed by atoms with Crippen LogP contribution in [0.25, 0.3) is 22.2 Å². The van der Waals surface area contributed by atoms with Crippen LogP contribution in [0.2, 0.25) is 0 Å². The van der Waals surface area contributed by atoms with Gasteiger partial charge in [-0.3, -0.25) is 14.5 Å². The molecule has 3 aromatic rings. The van der Waals surface area contributed by atoms with E-state index in [0.717, 1.165) is 60.1 Å². The number of aromatic nitrogens is 1. The van der Waals surface area contributed by atoms with Gasteiger partial charge in [-0.05, 0) is 55.0 Å². The number of likely N-dealkylation sites (tertiary alicyclic amines) is 1. The van der Waals surface area contributed by atoms with Gasteiger partial charge in [0.1, 0.15) is 5.82 Å². The van der Waals surface area contributed by atoms with Crippen LogP contribution in [0.1, 0.15) is 38.2 Å². The molecule has 2 heterocycles. The summed E-state index contributed by atoms with van der Waals surface area (Å²) in [5.74, 6) is -0.218. The first-order chi connectivity index (χ1) is 16.5. The second-order valence-electron chi connectivity index (χ2n) is 9.00. The number of halogens is 1. The van der Waals surface area contributed by atoms with Gasteiger partial charge in [-0.2, -0.15) is 0 Å². The van der Waals surface area contributed by atoms with E-state index in [1.54, 1.807) is 6.07 Å². The highest BCUT2D eigenvalue weighted by Gasteiger charge is 2.22. The first-order valence-corrected chi connectivity index (χ1v) is 12.2. The van der Waals surface area contributed by atoms with Crippen LogP contribution in [-0.2, 0) is 16.0 Å². The molecule has 7 heteroatoms. The molecule has 1 saturated heterocycles. The van der Waals surface area contributed by atoms with E-state index in [1.165, 1.54) is 12.1 Å². The molecule has 6 nitrogen and oxygen atoms in total. The van der Waals surface area contributed by atoms with Crippen molar-refractivity contribution in [2.24, 2.45) is 0 Å². The number of piperidine rings is 1. The largest absolute Gasteiger partial charge is 0.355 e. The van der Waals surface area contributed by atoms with Crippen molar-refractivity contribution >= 4 is 22.7 Å². The van der Waals surface area contributed by atoms with Gasteiger partial charge in [0.2, 0.25) is 11.8 Å². The molecule has 0 saturated carbocycles. The molecule has 34 heavy (non-hydrogen) atoms. The number of aromatic amines is 1. The van der Waals surface area contributed by atoms with Crippen LogP contribution in [0.5, 0.6) is 0 Å². The number of amides is 2. The first-order valence-electron chi connectivity index (χ1n) is 12.2. The lowest BCUT2D eigenvalue weighted by molar-refractivity contribution is -0.124. The summed E-state index contributed by atoms with van der Waals surface area (Å²) in [6, 6.07) is 14.8. The number of benzene rings is 2. The van der Waals surface area contributed by atoms with Gasteiger partial charge in [-0.25, -0.2) is 4.39 Å². The second-order valence-corrected chi connectivity index (χ2v) is 9.00. The number of nitrogens with zero attached hydrogens (tertiary/aromatic N) is 1. The molecule has 0 aliphatic carbocycles. The number of carbonyl (C=O) groups excluding carboxylic acids is 2. The summed E-state index contributed by atoms with van der Waals surface area (Å²) in [5.41, 5.74) is 3.78. The number of carbonyl (C=O) groups is 2. The third-order valence-corrected chi connectivity index (χ3v) is 6.42. The minimum atomic E-state index is -0.285. The number of rotatable bonds is 9. The van der Waals surface area contributed by atoms with Crippen LogP contribution in [0.4, 0.5) is 4.39 Å².